The Morgan fingerprint density at radius 2 is 1.41 bits per heavy atom. The molecule has 0 aliphatic heterocycles. The maximum absolute atomic E-state index is 11.9. The number of nitro groups is 2. The van der Waals surface area contributed by atoms with E-state index in [1.54, 1.807) is 0 Å². The molecule has 9 nitrogen and oxygen atoms in total. The third-order valence-corrected chi connectivity index (χ3v) is 5.61. The van der Waals surface area contributed by atoms with Crippen LogP contribution in [0.15, 0.2) is 6.07 Å². The van der Waals surface area contributed by atoms with E-state index in [-0.39, 0.29) is 23.2 Å². The predicted octanol–water partition coefficient (Wildman–Crippen LogP) is 6.88. The smallest absolute Gasteiger partial charge is 0.336 e. The van der Waals surface area contributed by atoms with Crippen LogP contribution in [0.5, 0.6) is 0 Å². The highest BCUT2D eigenvalue weighted by atomic mass is 16.6. The second-order valence-corrected chi connectivity index (χ2v) is 8.18. The topological polar surface area (TPSA) is 136 Å². The molecule has 32 heavy (non-hydrogen) atoms. The number of nitrogens with zero attached hydrogens (tertiary/aromatic N) is 2. The zero-order chi connectivity index (χ0) is 23.9. The van der Waals surface area contributed by atoms with E-state index in [9.17, 15) is 30.1 Å². The molecule has 0 aliphatic rings. The summed E-state index contributed by atoms with van der Waals surface area (Å²) in [4.78, 5) is 33.9. The molecule has 2 N–H and O–H groups in total. The molecule has 9 heteroatoms. The fourth-order valence-electron chi connectivity index (χ4n) is 3.86. The van der Waals surface area contributed by atoms with E-state index >= 15 is 0 Å². The van der Waals surface area contributed by atoms with Crippen LogP contribution in [-0.4, -0.2) is 27.5 Å². The first-order valence-electron chi connectivity index (χ1n) is 11.8. The number of carboxylic acids is 1. The van der Waals surface area contributed by atoms with Gasteiger partial charge in [-0.15, -0.1) is 0 Å². The van der Waals surface area contributed by atoms with Crippen LogP contribution >= 0.6 is 0 Å². The van der Waals surface area contributed by atoms with E-state index in [1.165, 1.54) is 0 Å². The first-order chi connectivity index (χ1) is 15.3. The Kier molecular flexibility index (Phi) is 12.9. The van der Waals surface area contributed by atoms with Gasteiger partial charge < -0.3 is 10.4 Å². The molecule has 0 atom stereocenters. The maximum atomic E-state index is 11.9. The number of nitro benzene ring substituents is 2. The van der Waals surface area contributed by atoms with Crippen LogP contribution in [0.3, 0.4) is 0 Å². The molecule has 0 fully saturated rings. The van der Waals surface area contributed by atoms with Crippen LogP contribution in [0.1, 0.15) is 107 Å². The summed E-state index contributed by atoms with van der Waals surface area (Å²) < 4.78 is 0. The van der Waals surface area contributed by atoms with Crippen molar-refractivity contribution in [1.29, 1.82) is 0 Å². The number of hydrogen-bond acceptors (Lipinski definition) is 6. The van der Waals surface area contributed by atoms with Gasteiger partial charge in [0.05, 0.1) is 15.4 Å². The van der Waals surface area contributed by atoms with Gasteiger partial charge in [0, 0.05) is 18.2 Å². The van der Waals surface area contributed by atoms with Gasteiger partial charge in [-0.3, -0.25) is 20.2 Å². The minimum absolute atomic E-state index is 0.0639. The van der Waals surface area contributed by atoms with Gasteiger partial charge in [-0.1, -0.05) is 78.1 Å². The van der Waals surface area contributed by atoms with Crippen LogP contribution in [0.25, 0.3) is 0 Å². The zero-order valence-corrected chi connectivity index (χ0v) is 19.4. The number of carbonyl (C=O) groups is 1. The van der Waals surface area contributed by atoms with Crippen molar-refractivity contribution >= 4 is 23.0 Å². The fraction of sp³-hybridized carbons (Fsp3) is 0.696. The van der Waals surface area contributed by atoms with Gasteiger partial charge >= 0.3 is 11.7 Å². The lowest BCUT2D eigenvalue weighted by molar-refractivity contribution is -0.392. The maximum Gasteiger partial charge on any atom is 0.336 e. The lowest BCUT2D eigenvalue weighted by Crippen LogP contribution is -2.13. The average molecular weight is 452 g/mol. The van der Waals surface area contributed by atoms with Crippen LogP contribution < -0.4 is 5.32 Å². The largest absolute Gasteiger partial charge is 0.478 e. The van der Waals surface area contributed by atoms with E-state index in [2.05, 4.69) is 19.2 Å². The summed E-state index contributed by atoms with van der Waals surface area (Å²) in [5.74, 6) is -1.39. The minimum Gasteiger partial charge on any atom is -0.478 e. The molecule has 0 spiro atoms. The third-order valence-electron chi connectivity index (χ3n) is 5.61. The van der Waals surface area contributed by atoms with Crippen LogP contribution in [0.2, 0.25) is 0 Å². The SMILES string of the molecule is CCCCCCCCNc1c([N+](=O)[O-])cc(C(=O)O)c(CCCCCCCC)c1[N+](=O)[O-]. The molecule has 0 unspecified atom stereocenters. The van der Waals surface area contributed by atoms with E-state index < -0.39 is 27.2 Å². The monoisotopic (exact) mass is 451 g/mol. The van der Waals surface area contributed by atoms with Crippen molar-refractivity contribution in [2.24, 2.45) is 0 Å². The van der Waals surface area contributed by atoms with Crippen molar-refractivity contribution in [3.8, 4) is 0 Å². The van der Waals surface area contributed by atoms with Crippen molar-refractivity contribution in [3.05, 3.63) is 37.4 Å². The van der Waals surface area contributed by atoms with Crippen molar-refractivity contribution in [3.63, 3.8) is 0 Å². The van der Waals surface area contributed by atoms with Crippen LogP contribution in [-0.2, 0) is 6.42 Å². The second-order valence-electron chi connectivity index (χ2n) is 8.18. The summed E-state index contributed by atoms with van der Waals surface area (Å²) in [6.45, 7) is 4.60. The molecular formula is C23H37N3O6. The minimum atomic E-state index is -1.39. The molecule has 180 valence electrons. The molecule has 0 aromatic heterocycles. The number of aromatic carboxylic acids is 1. The van der Waals surface area contributed by atoms with E-state index in [0.29, 0.717) is 13.0 Å². The summed E-state index contributed by atoms with van der Waals surface area (Å²) in [6, 6.07) is 0.964. The Labute approximate surface area is 189 Å². The van der Waals surface area contributed by atoms with Crippen molar-refractivity contribution in [2.45, 2.75) is 97.3 Å². The fourth-order valence-corrected chi connectivity index (χ4v) is 3.86. The predicted molar refractivity (Wildman–Crippen MR) is 126 cm³/mol. The summed E-state index contributed by atoms with van der Waals surface area (Å²) >= 11 is 0. The summed E-state index contributed by atoms with van der Waals surface area (Å²) in [7, 11) is 0. The summed E-state index contributed by atoms with van der Waals surface area (Å²) in [5, 5.41) is 36.0. The second kappa shape index (κ2) is 15.2. The number of nitrogens with one attached hydrogen (secondary N) is 1. The number of benzene rings is 1. The van der Waals surface area contributed by atoms with E-state index in [1.807, 2.05) is 0 Å². The van der Waals surface area contributed by atoms with Gasteiger partial charge in [0.15, 0.2) is 5.69 Å². The third kappa shape index (κ3) is 8.80. The molecule has 0 heterocycles. The number of rotatable bonds is 18. The molecule has 0 bridgehead atoms. The highest BCUT2D eigenvalue weighted by molar-refractivity contribution is 5.95. The Bertz CT molecular complexity index is 767. The molecule has 0 aliphatic carbocycles. The van der Waals surface area contributed by atoms with E-state index in [4.69, 9.17) is 0 Å². The molecule has 1 aromatic carbocycles. The number of carboxylic acid groups (broad SMARTS) is 1. The zero-order valence-electron chi connectivity index (χ0n) is 19.4. The first-order valence-corrected chi connectivity index (χ1v) is 11.8. The van der Waals surface area contributed by atoms with Crippen molar-refractivity contribution in [1.82, 2.24) is 0 Å². The van der Waals surface area contributed by atoms with Crippen molar-refractivity contribution < 1.29 is 19.7 Å². The highest BCUT2D eigenvalue weighted by Crippen LogP contribution is 2.40. The molecule has 0 radical (unpaired) electrons. The van der Waals surface area contributed by atoms with Crippen molar-refractivity contribution in [2.75, 3.05) is 11.9 Å². The lowest BCUT2D eigenvalue weighted by atomic mass is 9.96. The number of anilines is 1. The molecule has 0 saturated carbocycles. The highest BCUT2D eigenvalue weighted by Gasteiger charge is 2.33. The van der Waals surface area contributed by atoms with Gasteiger partial charge in [-0.05, 0) is 19.3 Å². The van der Waals surface area contributed by atoms with Gasteiger partial charge in [-0.2, -0.15) is 0 Å². The lowest BCUT2D eigenvalue weighted by Gasteiger charge is -2.13. The van der Waals surface area contributed by atoms with Gasteiger partial charge in [0.25, 0.3) is 5.69 Å². The Morgan fingerprint density at radius 1 is 0.875 bits per heavy atom. The van der Waals surface area contributed by atoms with Gasteiger partial charge in [0.1, 0.15) is 0 Å². The Morgan fingerprint density at radius 3 is 1.91 bits per heavy atom. The molecule has 1 aromatic rings. The summed E-state index contributed by atoms with van der Waals surface area (Å²) in [6.07, 6.45) is 12.0. The van der Waals surface area contributed by atoms with Crippen LogP contribution in [0.4, 0.5) is 17.1 Å². The number of unbranched alkanes of at least 4 members (excludes halogenated alkanes) is 10. The number of hydrogen-bond donors (Lipinski definition) is 2. The average Bonchev–Trinajstić information content (AvgIpc) is 2.74. The molecule has 0 amide bonds. The van der Waals surface area contributed by atoms with Gasteiger partial charge in [0.2, 0.25) is 0 Å². The summed E-state index contributed by atoms with van der Waals surface area (Å²) in [5.41, 5.74) is -1.52. The van der Waals surface area contributed by atoms with Crippen LogP contribution in [0, 0.1) is 20.2 Å². The molecule has 0 saturated heterocycles. The Balaban J connectivity index is 3.12. The molecule has 1 rings (SSSR count). The standard InChI is InChI=1S/C23H37N3O6/c1-3-5-7-9-11-13-15-18-19(23(27)28)17-20(25(29)30)21(22(18)26(31)32)24-16-14-12-10-8-6-4-2/h17,24H,3-16H2,1-2H3,(H,27,28). The first kappa shape index (κ1) is 27.3. The molecular weight excluding hydrogens is 414 g/mol. The van der Waals surface area contributed by atoms with Gasteiger partial charge in [-0.25, -0.2) is 4.79 Å². The quantitative estimate of drug-likeness (QED) is 0.141. The van der Waals surface area contributed by atoms with E-state index in [0.717, 1.165) is 76.7 Å². The normalized spacial score (nSPS) is 10.8. The Hall–Kier alpha value is -2.71.